The molecule has 0 aliphatic heterocycles. The maximum atomic E-state index is 6.35. The fourth-order valence-electron chi connectivity index (χ4n) is 2.12. The molecule has 0 radical (unpaired) electrons. The summed E-state index contributed by atoms with van der Waals surface area (Å²) in [6.07, 6.45) is 8.10. The monoisotopic (exact) mass is 223 g/mol. The van der Waals surface area contributed by atoms with Gasteiger partial charge >= 0.3 is 0 Å². The molecule has 1 aliphatic rings. The van der Waals surface area contributed by atoms with Crippen LogP contribution in [0.3, 0.4) is 0 Å². The molecule has 1 aromatic rings. The highest BCUT2D eigenvalue weighted by atomic mass is 35.5. The first kappa shape index (κ1) is 10.9. The second kappa shape index (κ2) is 4.98. The Morgan fingerprint density at radius 3 is 2.93 bits per heavy atom. The average Bonchev–Trinajstić information content (AvgIpc) is 2.16. The first-order valence-corrected chi connectivity index (χ1v) is 6.24. The van der Waals surface area contributed by atoms with Crippen molar-refractivity contribution in [1.82, 2.24) is 4.98 Å². The molecule has 1 unspecified atom stereocenters. The van der Waals surface area contributed by atoms with E-state index < -0.39 is 0 Å². The Morgan fingerprint density at radius 2 is 2.33 bits per heavy atom. The second-order valence-electron chi connectivity index (χ2n) is 4.60. The minimum Gasteiger partial charge on any atom is -0.261 e. The van der Waals surface area contributed by atoms with Gasteiger partial charge < -0.3 is 0 Å². The number of hydrogen-bond donors (Lipinski definition) is 0. The zero-order valence-electron chi connectivity index (χ0n) is 9.25. The van der Waals surface area contributed by atoms with E-state index in [2.05, 4.69) is 18.0 Å². The van der Waals surface area contributed by atoms with Crippen LogP contribution in [0.15, 0.2) is 18.3 Å². The lowest BCUT2D eigenvalue weighted by Crippen LogP contribution is -2.18. The fourth-order valence-corrected chi connectivity index (χ4v) is 2.51. The van der Waals surface area contributed by atoms with Crippen molar-refractivity contribution in [3.63, 3.8) is 0 Å². The molecule has 1 aliphatic carbocycles. The van der Waals surface area contributed by atoms with Crippen molar-refractivity contribution in [3.05, 3.63) is 29.6 Å². The number of pyridine rings is 1. The number of aromatic nitrogens is 1. The van der Waals surface area contributed by atoms with Crippen LogP contribution in [0.2, 0.25) is 0 Å². The van der Waals surface area contributed by atoms with Crippen LogP contribution in [0, 0.1) is 12.8 Å². The van der Waals surface area contributed by atoms with Gasteiger partial charge in [0.2, 0.25) is 0 Å². The summed E-state index contributed by atoms with van der Waals surface area (Å²) in [6.45, 7) is 2.11. The van der Waals surface area contributed by atoms with Gasteiger partial charge in [-0.3, -0.25) is 4.98 Å². The van der Waals surface area contributed by atoms with E-state index in [1.807, 2.05) is 12.3 Å². The molecule has 0 spiro atoms. The number of alkyl halides is 1. The molecular formula is C13H18ClN. The molecule has 15 heavy (non-hydrogen) atoms. The summed E-state index contributed by atoms with van der Waals surface area (Å²) >= 11 is 6.35. The molecule has 0 amide bonds. The first-order chi connectivity index (χ1) is 7.25. The van der Waals surface area contributed by atoms with Crippen LogP contribution < -0.4 is 0 Å². The number of hydrogen-bond acceptors (Lipinski definition) is 1. The highest BCUT2D eigenvalue weighted by molar-refractivity contribution is 6.20. The number of nitrogens with zero attached hydrogens (tertiary/aromatic N) is 1. The van der Waals surface area contributed by atoms with Crippen LogP contribution in [0.1, 0.15) is 36.9 Å². The van der Waals surface area contributed by atoms with E-state index in [-0.39, 0.29) is 5.38 Å². The number of rotatable bonds is 4. The molecule has 0 saturated heterocycles. The molecule has 1 nitrogen and oxygen atoms in total. The smallest absolute Gasteiger partial charge is 0.0447 e. The van der Waals surface area contributed by atoms with Gasteiger partial charge in [-0.2, -0.15) is 0 Å². The standard InChI is InChI=1S/C13H18ClN/c1-10-4-3-7-15-13(10)9-12(14)8-11-5-2-6-11/h3-4,7,11-12H,2,5-6,8-9H2,1H3. The lowest BCUT2D eigenvalue weighted by molar-refractivity contribution is 0.292. The first-order valence-electron chi connectivity index (χ1n) is 5.80. The molecule has 82 valence electrons. The number of aryl methyl sites for hydroxylation is 1. The van der Waals surface area contributed by atoms with Crippen molar-refractivity contribution < 1.29 is 0 Å². The van der Waals surface area contributed by atoms with Crippen LogP contribution in [0.4, 0.5) is 0 Å². The summed E-state index contributed by atoms with van der Waals surface area (Å²) in [5.41, 5.74) is 2.42. The third-order valence-corrected chi connectivity index (χ3v) is 3.68. The van der Waals surface area contributed by atoms with Gasteiger partial charge in [0.1, 0.15) is 0 Å². The van der Waals surface area contributed by atoms with Crippen molar-refractivity contribution >= 4 is 11.6 Å². The third-order valence-electron chi connectivity index (χ3n) is 3.35. The van der Waals surface area contributed by atoms with Gasteiger partial charge in [-0.25, -0.2) is 0 Å². The molecular weight excluding hydrogens is 206 g/mol. The maximum Gasteiger partial charge on any atom is 0.0447 e. The highest BCUT2D eigenvalue weighted by Crippen LogP contribution is 2.32. The topological polar surface area (TPSA) is 12.9 Å². The van der Waals surface area contributed by atoms with E-state index in [0.29, 0.717) is 0 Å². The fraction of sp³-hybridized carbons (Fsp3) is 0.615. The Bertz CT molecular complexity index is 320. The van der Waals surface area contributed by atoms with Crippen molar-refractivity contribution in [3.8, 4) is 0 Å². The molecule has 1 fully saturated rings. The molecule has 0 bridgehead atoms. The quantitative estimate of drug-likeness (QED) is 0.709. The van der Waals surface area contributed by atoms with Crippen LogP contribution in [-0.4, -0.2) is 10.4 Å². The average molecular weight is 224 g/mol. The predicted octanol–water partition coefficient (Wildman–Crippen LogP) is 3.73. The minimum absolute atomic E-state index is 0.267. The molecule has 2 rings (SSSR count). The SMILES string of the molecule is Cc1cccnc1CC(Cl)CC1CCC1. The van der Waals surface area contributed by atoms with Crippen LogP contribution in [-0.2, 0) is 6.42 Å². The summed E-state index contributed by atoms with van der Waals surface area (Å²) in [5, 5.41) is 0.267. The normalized spacial score (nSPS) is 18.5. The highest BCUT2D eigenvalue weighted by Gasteiger charge is 2.21. The Kier molecular flexibility index (Phi) is 3.63. The lowest BCUT2D eigenvalue weighted by atomic mass is 9.81. The van der Waals surface area contributed by atoms with E-state index in [0.717, 1.165) is 24.5 Å². The maximum absolute atomic E-state index is 6.35. The van der Waals surface area contributed by atoms with Crippen molar-refractivity contribution in [2.45, 2.75) is 44.4 Å². The molecule has 0 N–H and O–H groups in total. The van der Waals surface area contributed by atoms with Crippen LogP contribution in [0.25, 0.3) is 0 Å². The Balaban J connectivity index is 1.87. The van der Waals surface area contributed by atoms with Crippen LogP contribution in [0.5, 0.6) is 0 Å². The third kappa shape index (κ3) is 2.94. The Hall–Kier alpha value is -0.560. The summed E-state index contributed by atoms with van der Waals surface area (Å²) in [4.78, 5) is 4.38. The zero-order chi connectivity index (χ0) is 10.7. The van der Waals surface area contributed by atoms with Crippen molar-refractivity contribution in [2.24, 2.45) is 5.92 Å². The Labute approximate surface area is 96.9 Å². The van der Waals surface area contributed by atoms with E-state index in [1.165, 1.54) is 24.8 Å². The zero-order valence-corrected chi connectivity index (χ0v) is 10.0. The Morgan fingerprint density at radius 1 is 1.53 bits per heavy atom. The van der Waals surface area contributed by atoms with Gasteiger partial charge in [0, 0.05) is 23.7 Å². The van der Waals surface area contributed by atoms with E-state index in [9.17, 15) is 0 Å². The predicted molar refractivity (Wildman–Crippen MR) is 64.3 cm³/mol. The largest absolute Gasteiger partial charge is 0.261 e. The van der Waals surface area contributed by atoms with E-state index >= 15 is 0 Å². The van der Waals surface area contributed by atoms with E-state index in [4.69, 9.17) is 11.6 Å². The molecule has 1 aromatic heterocycles. The van der Waals surface area contributed by atoms with Crippen molar-refractivity contribution in [1.29, 1.82) is 0 Å². The molecule has 1 heterocycles. The van der Waals surface area contributed by atoms with Gasteiger partial charge in [-0.05, 0) is 30.9 Å². The molecule has 2 heteroatoms. The summed E-state index contributed by atoms with van der Waals surface area (Å²) in [7, 11) is 0. The van der Waals surface area contributed by atoms with Crippen molar-refractivity contribution in [2.75, 3.05) is 0 Å². The summed E-state index contributed by atoms with van der Waals surface area (Å²) in [6, 6.07) is 4.09. The van der Waals surface area contributed by atoms with Gasteiger partial charge in [0.15, 0.2) is 0 Å². The number of halogens is 1. The summed E-state index contributed by atoms with van der Waals surface area (Å²) < 4.78 is 0. The summed E-state index contributed by atoms with van der Waals surface area (Å²) in [5.74, 6) is 0.886. The van der Waals surface area contributed by atoms with E-state index in [1.54, 1.807) is 0 Å². The second-order valence-corrected chi connectivity index (χ2v) is 5.22. The van der Waals surface area contributed by atoms with Crippen LogP contribution >= 0.6 is 11.6 Å². The lowest BCUT2D eigenvalue weighted by Gasteiger charge is -2.27. The van der Waals surface area contributed by atoms with Gasteiger partial charge in [0.25, 0.3) is 0 Å². The van der Waals surface area contributed by atoms with Gasteiger partial charge in [-0.15, -0.1) is 11.6 Å². The molecule has 1 saturated carbocycles. The minimum atomic E-state index is 0.267. The molecule has 0 aromatic carbocycles. The molecule has 1 atom stereocenters. The van der Waals surface area contributed by atoms with Gasteiger partial charge in [0.05, 0.1) is 0 Å². The van der Waals surface area contributed by atoms with Gasteiger partial charge in [-0.1, -0.05) is 25.3 Å².